The summed E-state index contributed by atoms with van der Waals surface area (Å²) in [5.41, 5.74) is 1.29. The molecular weight excluding hydrogens is 470 g/mol. The molecule has 0 aliphatic carbocycles. The van der Waals surface area contributed by atoms with Gasteiger partial charge in [0.2, 0.25) is 0 Å². The Morgan fingerprint density at radius 1 is 1.09 bits per heavy atom. The van der Waals surface area contributed by atoms with Crippen LogP contribution >= 0.6 is 11.8 Å². The molecule has 10 nitrogen and oxygen atoms in total. The minimum Gasteiger partial charge on any atom is -0.462 e. The molecule has 11 heteroatoms. The molecule has 1 aromatic heterocycles. The molecule has 1 aliphatic rings. The molecule has 1 saturated heterocycles. The van der Waals surface area contributed by atoms with E-state index in [1.165, 1.54) is 32.4 Å². The zero-order valence-electron chi connectivity index (χ0n) is 19.6. The number of fused-ring (bicyclic) bond motifs is 1. The van der Waals surface area contributed by atoms with Crippen molar-refractivity contribution >= 4 is 46.3 Å². The number of nitrogens with one attached hydrogen (secondary N) is 1. The number of anilines is 1. The van der Waals surface area contributed by atoms with Crippen LogP contribution in [0.4, 0.5) is 10.5 Å². The quantitative estimate of drug-likeness (QED) is 0.329. The Balaban J connectivity index is 1.55. The molecule has 0 saturated carbocycles. The fourth-order valence-corrected chi connectivity index (χ4v) is 4.42. The van der Waals surface area contributed by atoms with Crippen molar-refractivity contribution in [2.45, 2.75) is 18.5 Å². The van der Waals surface area contributed by atoms with Gasteiger partial charge in [0.1, 0.15) is 0 Å². The number of nitrogens with zero attached hydrogens (tertiary/aromatic N) is 4. The highest BCUT2D eigenvalue weighted by molar-refractivity contribution is 7.98. The van der Waals surface area contributed by atoms with E-state index in [0.29, 0.717) is 52.4 Å². The van der Waals surface area contributed by atoms with Crippen molar-refractivity contribution in [1.29, 1.82) is 0 Å². The van der Waals surface area contributed by atoms with Crippen molar-refractivity contribution in [3.63, 3.8) is 0 Å². The van der Waals surface area contributed by atoms with Crippen LogP contribution in [0, 0.1) is 0 Å². The summed E-state index contributed by atoms with van der Waals surface area (Å²) in [5.74, 6) is -0.848. The van der Waals surface area contributed by atoms with Crippen molar-refractivity contribution in [1.82, 2.24) is 19.6 Å². The number of rotatable bonds is 5. The van der Waals surface area contributed by atoms with Gasteiger partial charge in [0.15, 0.2) is 5.16 Å². The van der Waals surface area contributed by atoms with Crippen LogP contribution in [0.1, 0.15) is 34.1 Å². The van der Waals surface area contributed by atoms with E-state index in [-0.39, 0.29) is 18.1 Å². The van der Waals surface area contributed by atoms with Crippen LogP contribution in [0.5, 0.6) is 0 Å². The number of thioether (sulfide) groups is 1. The SMILES string of the molecule is CCOC(=O)c1cccc(NC(=O)N2CCCN2C(=O)c2ccc3c(=O)n(C)c(SC)nc3c2)c1. The molecule has 3 aromatic rings. The van der Waals surface area contributed by atoms with Gasteiger partial charge < -0.3 is 10.1 Å². The van der Waals surface area contributed by atoms with Crippen LogP contribution in [0.25, 0.3) is 10.9 Å². The zero-order chi connectivity index (χ0) is 25.1. The van der Waals surface area contributed by atoms with Crippen molar-refractivity contribution in [3.8, 4) is 0 Å². The number of benzene rings is 2. The van der Waals surface area contributed by atoms with E-state index in [1.54, 1.807) is 50.4 Å². The van der Waals surface area contributed by atoms with Crippen LogP contribution in [-0.4, -0.2) is 63.4 Å². The molecule has 1 N–H and O–H groups in total. The van der Waals surface area contributed by atoms with Gasteiger partial charge in [-0.3, -0.25) is 14.2 Å². The third kappa shape index (κ3) is 4.85. The minimum atomic E-state index is -0.491. The van der Waals surface area contributed by atoms with Crippen LogP contribution < -0.4 is 10.9 Å². The van der Waals surface area contributed by atoms with Crippen molar-refractivity contribution in [2.75, 3.05) is 31.3 Å². The Morgan fingerprint density at radius 3 is 2.60 bits per heavy atom. The van der Waals surface area contributed by atoms with Gasteiger partial charge >= 0.3 is 12.0 Å². The Morgan fingerprint density at radius 2 is 1.86 bits per heavy atom. The lowest BCUT2D eigenvalue weighted by molar-refractivity contribution is 0.0404. The molecule has 2 aromatic carbocycles. The molecule has 1 fully saturated rings. The fraction of sp³-hybridized carbons (Fsp3) is 0.292. The van der Waals surface area contributed by atoms with E-state index in [2.05, 4.69) is 10.3 Å². The zero-order valence-corrected chi connectivity index (χ0v) is 20.4. The summed E-state index contributed by atoms with van der Waals surface area (Å²) in [4.78, 5) is 55.4. The standard InChI is InChI=1S/C24H25N5O5S/c1-4-34-22(32)16-7-5-8-17(13-16)25-23(33)29-12-6-11-28(29)20(30)15-9-10-18-19(14-15)26-24(35-3)27(2)21(18)31/h5,7-10,13-14H,4,6,11-12H2,1-3H3,(H,25,33). The molecule has 3 amide bonds. The number of esters is 1. The first-order chi connectivity index (χ1) is 16.8. The highest BCUT2D eigenvalue weighted by Crippen LogP contribution is 2.21. The topological polar surface area (TPSA) is 114 Å². The average Bonchev–Trinajstić information content (AvgIpc) is 3.36. The van der Waals surface area contributed by atoms with Gasteiger partial charge in [-0.05, 0) is 56.0 Å². The summed E-state index contributed by atoms with van der Waals surface area (Å²) >= 11 is 1.34. The maximum absolute atomic E-state index is 13.3. The predicted molar refractivity (Wildman–Crippen MR) is 133 cm³/mol. The van der Waals surface area contributed by atoms with E-state index in [1.807, 2.05) is 6.26 Å². The number of urea groups is 1. The Hall–Kier alpha value is -3.86. The molecular formula is C24H25N5O5S. The lowest BCUT2D eigenvalue weighted by Gasteiger charge is -2.28. The van der Waals surface area contributed by atoms with Crippen molar-refractivity contribution in [2.24, 2.45) is 7.05 Å². The number of aromatic nitrogens is 2. The molecule has 35 heavy (non-hydrogen) atoms. The fourth-order valence-electron chi connectivity index (χ4n) is 3.88. The van der Waals surface area contributed by atoms with Gasteiger partial charge in [-0.15, -0.1) is 0 Å². The molecule has 4 rings (SSSR count). The summed E-state index contributed by atoms with van der Waals surface area (Å²) < 4.78 is 6.47. The third-order valence-corrected chi connectivity index (χ3v) is 6.32. The number of hydrogen-bond acceptors (Lipinski definition) is 7. The molecule has 2 heterocycles. The van der Waals surface area contributed by atoms with E-state index >= 15 is 0 Å². The molecule has 0 spiro atoms. The molecule has 0 bridgehead atoms. The molecule has 0 unspecified atom stereocenters. The first-order valence-electron chi connectivity index (χ1n) is 11.1. The Kier molecular flexibility index (Phi) is 7.06. The van der Waals surface area contributed by atoms with Gasteiger partial charge in [-0.1, -0.05) is 17.8 Å². The minimum absolute atomic E-state index is 0.189. The van der Waals surface area contributed by atoms with Crippen LogP contribution in [0.15, 0.2) is 52.4 Å². The van der Waals surface area contributed by atoms with Gasteiger partial charge in [-0.2, -0.15) is 0 Å². The highest BCUT2D eigenvalue weighted by Gasteiger charge is 2.31. The van der Waals surface area contributed by atoms with E-state index in [9.17, 15) is 19.2 Å². The lowest BCUT2D eigenvalue weighted by atomic mass is 10.1. The summed E-state index contributed by atoms with van der Waals surface area (Å²) in [5, 5.41) is 6.42. The van der Waals surface area contributed by atoms with Crippen LogP contribution in [0.2, 0.25) is 0 Å². The third-order valence-electron chi connectivity index (χ3n) is 5.59. The molecule has 1 aliphatic heterocycles. The normalized spacial score (nSPS) is 13.2. The van der Waals surface area contributed by atoms with E-state index < -0.39 is 12.0 Å². The summed E-state index contributed by atoms with van der Waals surface area (Å²) in [6, 6.07) is 10.7. The monoisotopic (exact) mass is 495 g/mol. The average molecular weight is 496 g/mol. The van der Waals surface area contributed by atoms with E-state index in [0.717, 1.165) is 0 Å². The van der Waals surface area contributed by atoms with Gasteiger partial charge in [-0.25, -0.2) is 24.6 Å². The Labute approximate surface area is 205 Å². The predicted octanol–water partition coefficient (Wildman–Crippen LogP) is 3.13. The number of carbonyl (C=O) groups is 3. The highest BCUT2D eigenvalue weighted by atomic mass is 32.2. The summed E-state index contributed by atoms with van der Waals surface area (Å²) in [6.45, 7) is 2.69. The summed E-state index contributed by atoms with van der Waals surface area (Å²) in [7, 11) is 1.66. The van der Waals surface area contributed by atoms with E-state index in [4.69, 9.17) is 4.74 Å². The van der Waals surface area contributed by atoms with Gasteiger partial charge in [0.05, 0.1) is 23.1 Å². The molecule has 0 radical (unpaired) electrons. The van der Waals surface area contributed by atoms with Crippen molar-refractivity contribution < 1.29 is 19.1 Å². The number of ether oxygens (including phenoxy) is 1. The summed E-state index contributed by atoms with van der Waals surface area (Å²) in [6.07, 6.45) is 2.44. The van der Waals surface area contributed by atoms with Crippen LogP contribution in [-0.2, 0) is 11.8 Å². The molecule has 0 atom stereocenters. The second-order valence-electron chi connectivity index (χ2n) is 7.83. The maximum Gasteiger partial charge on any atom is 0.340 e. The molecule has 182 valence electrons. The maximum atomic E-state index is 13.3. The lowest BCUT2D eigenvalue weighted by Crippen LogP contribution is -2.46. The number of amides is 3. The first-order valence-corrected chi connectivity index (χ1v) is 12.3. The number of hydrogen-bond donors (Lipinski definition) is 1. The smallest absolute Gasteiger partial charge is 0.340 e. The number of hydrazine groups is 1. The largest absolute Gasteiger partial charge is 0.462 e. The van der Waals surface area contributed by atoms with Crippen molar-refractivity contribution in [3.05, 3.63) is 63.9 Å². The second kappa shape index (κ2) is 10.2. The Bertz CT molecular complexity index is 1370. The number of carbonyl (C=O) groups excluding carboxylic acids is 3. The van der Waals surface area contributed by atoms with Gasteiger partial charge in [0.25, 0.3) is 11.5 Å². The first kappa shape index (κ1) is 24.3. The van der Waals surface area contributed by atoms with Crippen LogP contribution in [0.3, 0.4) is 0 Å². The second-order valence-corrected chi connectivity index (χ2v) is 8.60. The van der Waals surface area contributed by atoms with Gasteiger partial charge in [0, 0.05) is 31.4 Å².